The molecule has 0 aliphatic rings. The largest absolute Gasteiger partial charge is 0.348 e. The van der Waals surface area contributed by atoms with Crippen molar-refractivity contribution in [1.29, 1.82) is 0 Å². The minimum atomic E-state index is -0.289. The van der Waals surface area contributed by atoms with Crippen molar-refractivity contribution in [2.24, 2.45) is 5.73 Å². The summed E-state index contributed by atoms with van der Waals surface area (Å²) < 4.78 is 0. The van der Waals surface area contributed by atoms with Crippen LogP contribution in [-0.4, -0.2) is 30.3 Å². The quantitative estimate of drug-likeness (QED) is 0.229. The SMILES string of the molecule is CN(CCc1ccccc1)Cc1ccc(C(=O)NCc2ccc(CN)cc2)cc1NC(=O)c1cccc(Cl)c1. The molecular weight excluding hydrogens is 508 g/mol. The highest BCUT2D eigenvalue weighted by molar-refractivity contribution is 6.31. The molecule has 4 aromatic carbocycles. The number of likely N-dealkylation sites (N-methyl/N-ethyl adjacent to an activating group) is 1. The molecule has 4 aromatic rings. The summed E-state index contributed by atoms with van der Waals surface area (Å²) in [5.41, 5.74) is 11.4. The van der Waals surface area contributed by atoms with Gasteiger partial charge in [-0.2, -0.15) is 0 Å². The van der Waals surface area contributed by atoms with Crippen LogP contribution in [0.15, 0.2) is 97.1 Å². The van der Waals surface area contributed by atoms with Crippen LogP contribution in [0.1, 0.15) is 43.0 Å². The first-order valence-corrected chi connectivity index (χ1v) is 13.3. The second-order valence-electron chi connectivity index (χ2n) is 9.51. The van der Waals surface area contributed by atoms with Crippen LogP contribution in [0.5, 0.6) is 0 Å². The van der Waals surface area contributed by atoms with E-state index in [1.165, 1.54) is 5.56 Å². The summed E-state index contributed by atoms with van der Waals surface area (Å²) in [5.74, 6) is -0.511. The zero-order valence-corrected chi connectivity index (χ0v) is 22.7. The summed E-state index contributed by atoms with van der Waals surface area (Å²) in [6.07, 6.45) is 0.911. The lowest BCUT2D eigenvalue weighted by molar-refractivity contribution is 0.0949. The number of carbonyl (C=O) groups excluding carboxylic acids is 2. The zero-order chi connectivity index (χ0) is 27.6. The fraction of sp³-hybridized carbons (Fsp3) is 0.188. The Hall–Kier alpha value is -3.97. The van der Waals surface area contributed by atoms with Gasteiger partial charge in [0.1, 0.15) is 0 Å². The molecule has 0 aromatic heterocycles. The molecule has 0 aliphatic carbocycles. The van der Waals surface area contributed by atoms with E-state index in [2.05, 4.69) is 27.7 Å². The minimum Gasteiger partial charge on any atom is -0.348 e. The lowest BCUT2D eigenvalue weighted by Crippen LogP contribution is -2.24. The van der Waals surface area contributed by atoms with Gasteiger partial charge in [0.25, 0.3) is 11.8 Å². The Morgan fingerprint density at radius 2 is 1.51 bits per heavy atom. The zero-order valence-electron chi connectivity index (χ0n) is 22.0. The first kappa shape index (κ1) is 28.0. The first-order chi connectivity index (χ1) is 18.9. The molecule has 0 fully saturated rings. The number of amides is 2. The standard InChI is InChI=1S/C32H33ClN4O2/c1-37(17-16-23-6-3-2-4-7-23)22-28-15-14-27(31(38)35-21-25-12-10-24(20-34)11-13-25)19-30(28)36-32(39)26-8-5-9-29(33)18-26/h2-15,18-19H,16-17,20-22,34H2,1H3,(H,35,38)(H,36,39). The van der Waals surface area contributed by atoms with Crippen LogP contribution < -0.4 is 16.4 Å². The van der Waals surface area contributed by atoms with Gasteiger partial charge in [0, 0.05) is 48.0 Å². The molecule has 0 bridgehead atoms. The second kappa shape index (κ2) is 13.7. The number of carbonyl (C=O) groups is 2. The summed E-state index contributed by atoms with van der Waals surface area (Å²) in [4.78, 5) is 28.3. The Morgan fingerprint density at radius 3 is 2.23 bits per heavy atom. The van der Waals surface area contributed by atoms with Crippen LogP contribution in [0.25, 0.3) is 0 Å². The van der Waals surface area contributed by atoms with Gasteiger partial charge >= 0.3 is 0 Å². The first-order valence-electron chi connectivity index (χ1n) is 12.9. The number of nitrogens with two attached hydrogens (primary N) is 1. The number of nitrogens with zero attached hydrogens (tertiary/aromatic N) is 1. The van der Waals surface area contributed by atoms with Gasteiger partial charge in [-0.3, -0.25) is 9.59 Å². The molecule has 39 heavy (non-hydrogen) atoms. The maximum Gasteiger partial charge on any atom is 0.255 e. The van der Waals surface area contributed by atoms with Crippen LogP contribution in [0.3, 0.4) is 0 Å². The van der Waals surface area contributed by atoms with E-state index < -0.39 is 0 Å². The molecule has 4 N–H and O–H groups in total. The van der Waals surface area contributed by atoms with Gasteiger partial charge in [-0.05, 0) is 66.1 Å². The van der Waals surface area contributed by atoms with Crippen molar-refractivity contribution in [2.45, 2.75) is 26.1 Å². The maximum absolute atomic E-state index is 13.1. The third kappa shape index (κ3) is 8.26. The molecule has 7 heteroatoms. The summed E-state index contributed by atoms with van der Waals surface area (Å²) in [6.45, 7) is 2.31. The number of hydrogen-bond donors (Lipinski definition) is 3. The smallest absolute Gasteiger partial charge is 0.255 e. The second-order valence-corrected chi connectivity index (χ2v) is 9.95. The Kier molecular flexibility index (Phi) is 9.86. The Balaban J connectivity index is 1.49. The van der Waals surface area contributed by atoms with Crippen molar-refractivity contribution >= 4 is 29.1 Å². The number of halogens is 1. The maximum atomic E-state index is 13.1. The van der Waals surface area contributed by atoms with Crippen molar-refractivity contribution in [1.82, 2.24) is 10.2 Å². The predicted molar refractivity (Wildman–Crippen MR) is 158 cm³/mol. The molecule has 0 saturated heterocycles. The van der Waals surface area contributed by atoms with Crippen LogP contribution >= 0.6 is 11.6 Å². The van der Waals surface area contributed by atoms with E-state index in [0.29, 0.717) is 41.5 Å². The van der Waals surface area contributed by atoms with Crippen molar-refractivity contribution in [3.63, 3.8) is 0 Å². The third-order valence-electron chi connectivity index (χ3n) is 6.48. The van der Waals surface area contributed by atoms with Gasteiger partial charge in [0.05, 0.1) is 0 Å². The lowest BCUT2D eigenvalue weighted by Gasteiger charge is -2.20. The summed E-state index contributed by atoms with van der Waals surface area (Å²) in [6, 6.07) is 30.3. The van der Waals surface area contributed by atoms with Gasteiger partial charge < -0.3 is 21.3 Å². The van der Waals surface area contributed by atoms with Crippen LogP contribution in [0.2, 0.25) is 5.02 Å². The predicted octanol–water partition coefficient (Wildman–Crippen LogP) is 5.66. The fourth-order valence-corrected chi connectivity index (χ4v) is 4.40. The van der Waals surface area contributed by atoms with Gasteiger partial charge in [0.15, 0.2) is 0 Å². The summed E-state index contributed by atoms with van der Waals surface area (Å²) >= 11 is 6.10. The topological polar surface area (TPSA) is 87.5 Å². The van der Waals surface area contributed by atoms with E-state index in [4.69, 9.17) is 17.3 Å². The van der Waals surface area contributed by atoms with Crippen LogP contribution in [0.4, 0.5) is 5.69 Å². The minimum absolute atomic E-state index is 0.222. The number of nitrogens with one attached hydrogen (secondary N) is 2. The highest BCUT2D eigenvalue weighted by Gasteiger charge is 2.15. The molecule has 2 amide bonds. The molecule has 0 unspecified atom stereocenters. The van der Waals surface area contributed by atoms with Crippen LogP contribution in [0, 0.1) is 0 Å². The highest BCUT2D eigenvalue weighted by Crippen LogP contribution is 2.22. The molecular formula is C32H33ClN4O2. The molecule has 0 spiro atoms. The third-order valence-corrected chi connectivity index (χ3v) is 6.72. The van der Waals surface area contributed by atoms with Gasteiger partial charge in [0.2, 0.25) is 0 Å². The molecule has 0 radical (unpaired) electrons. The van der Waals surface area contributed by atoms with E-state index in [1.807, 2.05) is 55.6 Å². The van der Waals surface area contributed by atoms with E-state index in [9.17, 15) is 9.59 Å². The van der Waals surface area contributed by atoms with E-state index >= 15 is 0 Å². The van der Waals surface area contributed by atoms with E-state index in [-0.39, 0.29) is 11.8 Å². The Labute approximate surface area is 234 Å². The molecule has 200 valence electrons. The average Bonchev–Trinajstić information content (AvgIpc) is 2.96. The Bertz CT molecular complexity index is 1410. The van der Waals surface area contributed by atoms with Crippen molar-refractivity contribution in [2.75, 3.05) is 18.9 Å². The van der Waals surface area contributed by atoms with Gasteiger partial charge in [-0.15, -0.1) is 0 Å². The fourth-order valence-electron chi connectivity index (χ4n) is 4.21. The number of rotatable bonds is 11. The van der Waals surface area contributed by atoms with Crippen molar-refractivity contribution in [3.8, 4) is 0 Å². The molecule has 0 aliphatic heterocycles. The molecule has 0 saturated carbocycles. The normalized spacial score (nSPS) is 10.9. The van der Waals surface area contributed by atoms with E-state index in [0.717, 1.165) is 29.7 Å². The van der Waals surface area contributed by atoms with Crippen molar-refractivity contribution in [3.05, 3.63) is 135 Å². The molecule has 0 atom stereocenters. The average molecular weight is 541 g/mol. The molecule has 0 heterocycles. The monoisotopic (exact) mass is 540 g/mol. The highest BCUT2D eigenvalue weighted by atomic mass is 35.5. The molecule has 4 rings (SSSR count). The number of benzene rings is 4. The van der Waals surface area contributed by atoms with Crippen molar-refractivity contribution < 1.29 is 9.59 Å². The van der Waals surface area contributed by atoms with Gasteiger partial charge in [-0.25, -0.2) is 0 Å². The molecule has 6 nitrogen and oxygen atoms in total. The summed E-state index contributed by atoms with van der Waals surface area (Å²) in [7, 11) is 2.04. The Morgan fingerprint density at radius 1 is 0.795 bits per heavy atom. The lowest BCUT2D eigenvalue weighted by atomic mass is 10.1. The van der Waals surface area contributed by atoms with Crippen LogP contribution in [-0.2, 0) is 26.1 Å². The van der Waals surface area contributed by atoms with Gasteiger partial charge in [-0.1, -0.05) is 78.3 Å². The van der Waals surface area contributed by atoms with E-state index in [1.54, 1.807) is 36.4 Å². The number of anilines is 1. The number of hydrogen-bond acceptors (Lipinski definition) is 4. The summed E-state index contributed by atoms with van der Waals surface area (Å²) in [5, 5.41) is 6.44.